The molecule has 27 heavy (non-hydrogen) atoms. The molecule has 1 saturated heterocycles. The molecule has 0 bridgehead atoms. The first-order valence-electron chi connectivity index (χ1n) is 8.74. The van der Waals surface area contributed by atoms with Crippen molar-refractivity contribution in [3.8, 4) is 5.75 Å². The highest BCUT2D eigenvalue weighted by Gasteiger charge is 2.39. The Morgan fingerprint density at radius 3 is 2.74 bits per heavy atom. The molecule has 1 N–H and O–H groups in total. The predicted molar refractivity (Wildman–Crippen MR) is 102 cm³/mol. The molecule has 1 aromatic carbocycles. The molecule has 1 aromatic heterocycles. The Morgan fingerprint density at radius 2 is 2.11 bits per heavy atom. The van der Waals surface area contributed by atoms with Gasteiger partial charge < -0.3 is 14.5 Å². The summed E-state index contributed by atoms with van der Waals surface area (Å²) in [6.45, 7) is 3.56. The molecule has 2 aromatic rings. The molecule has 1 unspecified atom stereocenters. The molecule has 0 spiro atoms. The van der Waals surface area contributed by atoms with E-state index in [9.17, 15) is 18.0 Å². The van der Waals surface area contributed by atoms with E-state index in [0.717, 1.165) is 10.9 Å². The summed E-state index contributed by atoms with van der Waals surface area (Å²) in [5.74, 6) is 0.353. The number of rotatable bonds is 5. The quantitative estimate of drug-likeness (QED) is 0.776. The van der Waals surface area contributed by atoms with Gasteiger partial charge in [-0.25, -0.2) is 13.2 Å². The molecule has 146 valence electrons. The maximum Gasteiger partial charge on any atom is 0.339 e. The highest BCUT2D eigenvalue weighted by molar-refractivity contribution is 7.91. The topological polar surface area (TPSA) is 103 Å². The van der Waals surface area contributed by atoms with Crippen molar-refractivity contribution >= 4 is 26.7 Å². The van der Waals surface area contributed by atoms with Gasteiger partial charge in [0.25, 0.3) is 0 Å². The number of nitrogens with one attached hydrogen (secondary N) is 1. The highest BCUT2D eigenvalue weighted by Crippen LogP contribution is 2.25. The van der Waals surface area contributed by atoms with Crippen LogP contribution in [0.4, 0.5) is 0 Å². The Morgan fingerprint density at radius 1 is 1.37 bits per heavy atom. The van der Waals surface area contributed by atoms with E-state index in [1.165, 1.54) is 7.11 Å². The maximum absolute atomic E-state index is 12.3. The van der Waals surface area contributed by atoms with Crippen LogP contribution in [0.2, 0.25) is 0 Å². The summed E-state index contributed by atoms with van der Waals surface area (Å²) in [5, 5.41) is 3.60. The van der Waals surface area contributed by atoms with E-state index in [1.807, 2.05) is 13.0 Å². The zero-order chi connectivity index (χ0) is 19.8. The monoisotopic (exact) mass is 393 g/mol. The molecule has 1 aliphatic heterocycles. The summed E-state index contributed by atoms with van der Waals surface area (Å²) in [4.78, 5) is 24.6. The van der Waals surface area contributed by atoms with Gasteiger partial charge in [0.1, 0.15) is 11.3 Å². The number of hydrogen-bond acceptors (Lipinski definition) is 6. The van der Waals surface area contributed by atoms with Crippen LogP contribution in [0.3, 0.4) is 0 Å². The van der Waals surface area contributed by atoms with Gasteiger partial charge >= 0.3 is 5.63 Å². The van der Waals surface area contributed by atoms with Gasteiger partial charge in [-0.3, -0.25) is 4.79 Å². The summed E-state index contributed by atoms with van der Waals surface area (Å²) in [5.41, 5.74) is 0.443. The van der Waals surface area contributed by atoms with E-state index in [-0.39, 0.29) is 30.3 Å². The van der Waals surface area contributed by atoms with Gasteiger partial charge in [-0.15, -0.1) is 0 Å². The summed E-state index contributed by atoms with van der Waals surface area (Å²) in [6.07, 6.45) is 0.716. The second kappa shape index (κ2) is 6.99. The minimum atomic E-state index is -3.10. The van der Waals surface area contributed by atoms with E-state index in [4.69, 9.17) is 9.15 Å². The molecule has 1 atom stereocenters. The normalized spacial score (nSPS) is 21.3. The van der Waals surface area contributed by atoms with Gasteiger partial charge in [0, 0.05) is 23.4 Å². The standard InChI is InChI=1S/C19H23NO6S/c1-12-14-5-4-13(25-3)10-16(14)26-18(22)15(12)6-7-17(21)20-19(2)8-9-27(23,24)11-19/h4-5,10H,6-9,11H2,1-3H3,(H,20,21). The van der Waals surface area contributed by atoms with Crippen LogP contribution in [0.5, 0.6) is 5.75 Å². The largest absolute Gasteiger partial charge is 0.497 e. The van der Waals surface area contributed by atoms with Crippen LogP contribution in [-0.4, -0.2) is 38.5 Å². The van der Waals surface area contributed by atoms with Crippen molar-refractivity contribution in [3.05, 3.63) is 39.7 Å². The molecule has 7 nitrogen and oxygen atoms in total. The van der Waals surface area contributed by atoms with E-state index in [1.54, 1.807) is 19.1 Å². The van der Waals surface area contributed by atoms with Crippen LogP contribution < -0.4 is 15.7 Å². The Labute approximate surface area is 157 Å². The van der Waals surface area contributed by atoms with Crippen molar-refractivity contribution in [2.45, 2.75) is 38.6 Å². The Balaban J connectivity index is 1.75. The van der Waals surface area contributed by atoms with Gasteiger partial charge in [0.2, 0.25) is 5.91 Å². The Bertz CT molecular complexity index is 1060. The minimum Gasteiger partial charge on any atom is -0.497 e. The number of sulfone groups is 1. The molecular weight excluding hydrogens is 370 g/mol. The molecule has 0 radical (unpaired) electrons. The third-order valence-electron chi connectivity index (χ3n) is 5.04. The molecule has 0 saturated carbocycles. The number of amides is 1. The predicted octanol–water partition coefficient (Wildman–Crippen LogP) is 1.74. The highest BCUT2D eigenvalue weighted by atomic mass is 32.2. The molecule has 1 amide bonds. The van der Waals surface area contributed by atoms with Crippen LogP contribution in [0.1, 0.15) is 30.9 Å². The average molecular weight is 393 g/mol. The second-order valence-electron chi connectivity index (χ2n) is 7.31. The van der Waals surface area contributed by atoms with Crippen molar-refractivity contribution < 1.29 is 22.4 Å². The van der Waals surface area contributed by atoms with E-state index in [0.29, 0.717) is 23.3 Å². The number of hydrogen-bond donors (Lipinski definition) is 1. The van der Waals surface area contributed by atoms with Gasteiger partial charge in [-0.1, -0.05) is 0 Å². The first-order valence-corrected chi connectivity index (χ1v) is 10.6. The van der Waals surface area contributed by atoms with Crippen LogP contribution in [0.15, 0.2) is 27.4 Å². The van der Waals surface area contributed by atoms with Gasteiger partial charge in [-0.05, 0) is 44.4 Å². The van der Waals surface area contributed by atoms with E-state index >= 15 is 0 Å². The molecular formula is C19H23NO6S. The summed E-state index contributed by atoms with van der Waals surface area (Å²) in [6, 6.07) is 5.26. The summed E-state index contributed by atoms with van der Waals surface area (Å²) < 4.78 is 33.8. The SMILES string of the molecule is COc1ccc2c(C)c(CCC(=O)NC3(C)CCS(=O)(=O)C3)c(=O)oc2c1. The minimum absolute atomic E-state index is 0.0509. The third kappa shape index (κ3) is 4.16. The number of methoxy groups -OCH3 is 1. The lowest BCUT2D eigenvalue weighted by Crippen LogP contribution is -2.47. The number of carbonyl (C=O) groups is 1. The first kappa shape index (κ1) is 19.4. The van der Waals surface area contributed by atoms with E-state index < -0.39 is 21.0 Å². The number of ether oxygens (including phenoxy) is 1. The maximum atomic E-state index is 12.3. The van der Waals surface area contributed by atoms with Gasteiger partial charge in [0.05, 0.1) is 24.2 Å². The molecule has 1 aliphatic rings. The fourth-order valence-electron chi connectivity index (χ4n) is 3.54. The summed E-state index contributed by atoms with van der Waals surface area (Å²) >= 11 is 0. The zero-order valence-corrected chi connectivity index (χ0v) is 16.4. The molecule has 2 heterocycles. The van der Waals surface area contributed by atoms with Crippen LogP contribution in [0, 0.1) is 6.92 Å². The van der Waals surface area contributed by atoms with E-state index in [2.05, 4.69) is 5.32 Å². The zero-order valence-electron chi connectivity index (χ0n) is 15.6. The first-order chi connectivity index (χ1) is 12.6. The van der Waals surface area contributed by atoms with Crippen molar-refractivity contribution in [1.29, 1.82) is 0 Å². The van der Waals surface area contributed by atoms with Crippen LogP contribution >= 0.6 is 0 Å². The van der Waals surface area contributed by atoms with Crippen molar-refractivity contribution in [2.75, 3.05) is 18.6 Å². The van der Waals surface area contributed by atoms with Crippen LogP contribution in [-0.2, 0) is 21.1 Å². The Kier molecular flexibility index (Phi) is 5.03. The molecule has 8 heteroatoms. The number of aryl methyl sites for hydroxylation is 1. The smallest absolute Gasteiger partial charge is 0.339 e. The van der Waals surface area contributed by atoms with Crippen LogP contribution in [0.25, 0.3) is 11.0 Å². The molecule has 1 fully saturated rings. The van der Waals surface area contributed by atoms with Gasteiger partial charge in [-0.2, -0.15) is 0 Å². The second-order valence-corrected chi connectivity index (χ2v) is 9.49. The number of carbonyl (C=O) groups excluding carboxylic acids is 1. The third-order valence-corrected chi connectivity index (χ3v) is 6.94. The number of benzene rings is 1. The van der Waals surface area contributed by atoms with Crippen molar-refractivity contribution in [1.82, 2.24) is 5.32 Å². The summed E-state index contributed by atoms with van der Waals surface area (Å²) in [7, 11) is -1.56. The average Bonchev–Trinajstić information content (AvgIpc) is 2.86. The lowest BCUT2D eigenvalue weighted by atomic mass is 10.00. The van der Waals surface area contributed by atoms with Gasteiger partial charge in [0.15, 0.2) is 9.84 Å². The fourth-order valence-corrected chi connectivity index (χ4v) is 5.63. The van der Waals surface area contributed by atoms with Crippen molar-refractivity contribution in [3.63, 3.8) is 0 Å². The lowest BCUT2D eigenvalue weighted by Gasteiger charge is -2.23. The molecule has 3 rings (SSSR count). The lowest BCUT2D eigenvalue weighted by molar-refractivity contribution is -0.122. The number of fused-ring (bicyclic) bond motifs is 1. The molecule has 0 aliphatic carbocycles. The Hall–Kier alpha value is -2.35. The van der Waals surface area contributed by atoms with Crippen molar-refractivity contribution in [2.24, 2.45) is 0 Å². The fraction of sp³-hybridized carbons (Fsp3) is 0.474.